The number of sulfonamides is 1. The van der Waals surface area contributed by atoms with Crippen molar-refractivity contribution in [1.29, 1.82) is 0 Å². The summed E-state index contributed by atoms with van der Waals surface area (Å²) in [6.07, 6.45) is 2.69. The quantitative estimate of drug-likeness (QED) is 0.817. The molecule has 1 fully saturated rings. The number of aliphatic hydroxyl groups is 1. The van der Waals surface area contributed by atoms with Gasteiger partial charge in [0.2, 0.25) is 10.0 Å². The Morgan fingerprint density at radius 3 is 2.74 bits per heavy atom. The van der Waals surface area contributed by atoms with Gasteiger partial charge in [0.25, 0.3) is 0 Å². The van der Waals surface area contributed by atoms with Gasteiger partial charge in [-0.05, 0) is 6.07 Å². The zero-order valence-corrected chi connectivity index (χ0v) is 11.0. The fourth-order valence-electron chi connectivity index (χ4n) is 1.78. The molecule has 19 heavy (non-hydrogen) atoms. The number of nitrogens with zero attached hydrogens (tertiary/aromatic N) is 1. The van der Waals surface area contributed by atoms with Crippen LogP contribution in [0.5, 0.6) is 0 Å². The second-order valence-electron chi connectivity index (χ2n) is 4.50. The van der Waals surface area contributed by atoms with E-state index >= 15 is 0 Å². The van der Waals surface area contributed by atoms with Gasteiger partial charge in [0.15, 0.2) is 0 Å². The fraction of sp³-hybridized carbons (Fsp3) is 0.545. The van der Waals surface area contributed by atoms with Gasteiger partial charge in [-0.25, -0.2) is 17.5 Å². The lowest BCUT2D eigenvalue weighted by Crippen LogP contribution is -2.46. The summed E-state index contributed by atoms with van der Waals surface area (Å²) >= 11 is 0. The van der Waals surface area contributed by atoms with Gasteiger partial charge in [0.1, 0.15) is 10.7 Å². The second-order valence-corrected chi connectivity index (χ2v) is 6.27. The molecule has 0 aromatic carbocycles. The van der Waals surface area contributed by atoms with Crippen molar-refractivity contribution in [2.24, 2.45) is 0 Å². The van der Waals surface area contributed by atoms with Crippen LogP contribution in [0.3, 0.4) is 0 Å². The molecule has 0 spiro atoms. The van der Waals surface area contributed by atoms with Crippen LogP contribution in [0.1, 0.15) is 12.8 Å². The third kappa shape index (κ3) is 3.69. The molecule has 0 radical (unpaired) electrons. The van der Waals surface area contributed by atoms with Crippen molar-refractivity contribution in [1.82, 2.24) is 9.71 Å². The Bertz CT molecular complexity index is 543. The number of hydrogen-bond acceptors (Lipinski definition) is 5. The van der Waals surface area contributed by atoms with Crippen molar-refractivity contribution < 1.29 is 22.7 Å². The first-order valence-electron chi connectivity index (χ1n) is 5.82. The predicted molar refractivity (Wildman–Crippen MR) is 64.4 cm³/mol. The first kappa shape index (κ1) is 14.3. The van der Waals surface area contributed by atoms with Gasteiger partial charge in [-0.2, -0.15) is 0 Å². The van der Waals surface area contributed by atoms with Crippen molar-refractivity contribution in [3.8, 4) is 0 Å². The summed E-state index contributed by atoms with van der Waals surface area (Å²) in [5.74, 6) is -0.729. The maximum absolute atomic E-state index is 12.9. The van der Waals surface area contributed by atoms with Crippen LogP contribution in [0, 0.1) is 5.82 Å². The van der Waals surface area contributed by atoms with Crippen molar-refractivity contribution >= 4 is 10.0 Å². The molecule has 2 rings (SSSR count). The molecule has 2 N–H and O–H groups in total. The number of aromatic nitrogens is 1. The molecule has 0 atom stereocenters. The Labute approximate surface area is 110 Å². The summed E-state index contributed by atoms with van der Waals surface area (Å²) in [7, 11) is -3.87. The summed E-state index contributed by atoms with van der Waals surface area (Å²) in [6, 6.07) is 0.878. The van der Waals surface area contributed by atoms with Crippen LogP contribution in [-0.4, -0.2) is 43.9 Å². The van der Waals surface area contributed by atoms with Crippen LogP contribution < -0.4 is 4.72 Å². The highest BCUT2D eigenvalue weighted by Gasteiger charge is 2.31. The first-order valence-corrected chi connectivity index (χ1v) is 7.30. The average Bonchev–Trinajstić information content (AvgIpc) is 2.38. The minimum absolute atomic E-state index is 0.130. The van der Waals surface area contributed by atoms with Crippen LogP contribution in [-0.2, 0) is 14.8 Å². The Morgan fingerprint density at radius 2 is 2.11 bits per heavy atom. The Balaban J connectivity index is 2.05. The predicted octanol–water partition coefficient (Wildman–Crippen LogP) is 0.0405. The monoisotopic (exact) mass is 290 g/mol. The van der Waals surface area contributed by atoms with Crippen LogP contribution >= 0.6 is 0 Å². The van der Waals surface area contributed by atoms with Gasteiger partial charge in [-0.15, -0.1) is 0 Å². The number of hydrogen-bond donors (Lipinski definition) is 2. The molecule has 0 aliphatic carbocycles. The minimum atomic E-state index is -3.87. The zero-order valence-electron chi connectivity index (χ0n) is 10.2. The Morgan fingerprint density at radius 1 is 1.42 bits per heavy atom. The smallest absolute Gasteiger partial charge is 0.242 e. The summed E-state index contributed by atoms with van der Waals surface area (Å²) in [5.41, 5.74) is -1.12. The van der Waals surface area contributed by atoms with Crippen LogP contribution in [0.2, 0.25) is 0 Å². The molecule has 1 aromatic rings. The molecule has 106 valence electrons. The highest BCUT2D eigenvalue weighted by atomic mass is 32.2. The van der Waals surface area contributed by atoms with Gasteiger partial charge in [0.05, 0.1) is 11.8 Å². The number of halogens is 1. The fourth-order valence-corrected chi connectivity index (χ4v) is 2.87. The molecular weight excluding hydrogens is 275 g/mol. The van der Waals surface area contributed by atoms with E-state index in [2.05, 4.69) is 9.71 Å². The van der Waals surface area contributed by atoms with E-state index < -0.39 is 21.4 Å². The molecule has 0 amide bonds. The number of ether oxygens (including phenoxy) is 1. The molecule has 8 heteroatoms. The van der Waals surface area contributed by atoms with E-state index in [0.717, 1.165) is 18.5 Å². The standard InChI is InChI=1S/C11H15FN2O4S/c12-9-5-10(7-13-6-9)19(16,17)14-8-11(15)1-3-18-4-2-11/h5-7,14-15H,1-4,8H2. The van der Waals surface area contributed by atoms with Gasteiger partial charge in [0, 0.05) is 38.8 Å². The van der Waals surface area contributed by atoms with Crippen LogP contribution in [0.25, 0.3) is 0 Å². The van der Waals surface area contributed by atoms with Crippen molar-refractivity contribution in [2.45, 2.75) is 23.3 Å². The Hall–Kier alpha value is -1.09. The minimum Gasteiger partial charge on any atom is -0.388 e. The number of pyridine rings is 1. The van der Waals surface area contributed by atoms with E-state index in [0.29, 0.717) is 26.1 Å². The van der Waals surface area contributed by atoms with Crippen molar-refractivity contribution in [2.75, 3.05) is 19.8 Å². The van der Waals surface area contributed by atoms with E-state index in [1.807, 2.05) is 0 Å². The van der Waals surface area contributed by atoms with Gasteiger partial charge in [-0.1, -0.05) is 0 Å². The largest absolute Gasteiger partial charge is 0.388 e. The molecule has 0 unspecified atom stereocenters. The third-order valence-electron chi connectivity index (χ3n) is 3.00. The normalized spacial score (nSPS) is 19.3. The molecule has 1 aliphatic rings. The summed E-state index contributed by atoms with van der Waals surface area (Å²) in [6.45, 7) is 0.648. The summed E-state index contributed by atoms with van der Waals surface area (Å²) in [5, 5.41) is 10.1. The van der Waals surface area contributed by atoms with E-state index in [4.69, 9.17) is 4.74 Å². The van der Waals surface area contributed by atoms with Gasteiger partial charge >= 0.3 is 0 Å². The molecule has 0 bridgehead atoms. The highest BCUT2D eigenvalue weighted by Crippen LogP contribution is 2.20. The molecule has 1 aliphatic heterocycles. The van der Waals surface area contributed by atoms with E-state index in [9.17, 15) is 17.9 Å². The zero-order chi connectivity index (χ0) is 13.9. The van der Waals surface area contributed by atoms with Crippen LogP contribution in [0.15, 0.2) is 23.4 Å². The van der Waals surface area contributed by atoms with Crippen molar-refractivity contribution in [3.63, 3.8) is 0 Å². The van der Waals surface area contributed by atoms with Gasteiger partial charge in [-0.3, -0.25) is 4.98 Å². The number of rotatable bonds is 4. The molecule has 1 aromatic heterocycles. The van der Waals surface area contributed by atoms with Crippen molar-refractivity contribution in [3.05, 3.63) is 24.3 Å². The topological polar surface area (TPSA) is 88.5 Å². The maximum atomic E-state index is 12.9. The second kappa shape index (κ2) is 5.49. The molecule has 2 heterocycles. The van der Waals surface area contributed by atoms with E-state index in [1.165, 1.54) is 0 Å². The first-order chi connectivity index (χ1) is 8.91. The molecule has 0 saturated carbocycles. The molecule has 6 nitrogen and oxygen atoms in total. The summed E-state index contributed by atoms with van der Waals surface area (Å²) in [4.78, 5) is 3.22. The third-order valence-corrected chi connectivity index (χ3v) is 4.37. The average molecular weight is 290 g/mol. The SMILES string of the molecule is O=S(=O)(NCC1(O)CCOCC1)c1cncc(F)c1. The highest BCUT2D eigenvalue weighted by molar-refractivity contribution is 7.89. The number of nitrogens with one attached hydrogen (secondary N) is 1. The van der Waals surface area contributed by atoms with Gasteiger partial charge < -0.3 is 9.84 Å². The lowest BCUT2D eigenvalue weighted by atomic mass is 9.95. The van der Waals surface area contributed by atoms with E-state index in [1.54, 1.807) is 0 Å². The molecule has 1 saturated heterocycles. The summed E-state index contributed by atoms with van der Waals surface area (Å²) < 4.78 is 44.1. The maximum Gasteiger partial charge on any atom is 0.242 e. The lowest BCUT2D eigenvalue weighted by molar-refractivity contribution is -0.0588. The Kier molecular flexibility index (Phi) is 4.14. The van der Waals surface area contributed by atoms with E-state index in [-0.39, 0.29) is 11.4 Å². The van der Waals surface area contributed by atoms with Crippen LogP contribution in [0.4, 0.5) is 4.39 Å². The molecular formula is C11H15FN2O4S. The lowest BCUT2D eigenvalue weighted by Gasteiger charge is -2.31.